The molecule has 2 aromatic rings. The van der Waals surface area contributed by atoms with Crippen LogP contribution in [-0.2, 0) is 0 Å². The molecule has 0 saturated carbocycles. The van der Waals surface area contributed by atoms with Crippen LogP contribution in [0.15, 0.2) is 42.5 Å². The predicted molar refractivity (Wildman–Crippen MR) is 104 cm³/mol. The van der Waals surface area contributed by atoms with Crippen molar-refractivity contribution in [3.05, 3.63) is 58.1 Å². The fraction of sp³-hybridized carbons (Fsp3) is 0.316. The quantitative estimate of drug-likeness (QED) is 0.383. The van der Waals surface area contributed by atoms with Gasteiger partial charge in [-0.2, -0.15) is 0 Å². The second kappa shape index (κ2) is 8.94. The molecule has 148 valence electrons. The summed E-state index contributed by atoms with van der Waals surface area (Å²) in [4.78, 5) is 22.2. The van der Waals surface area contributed by atoms with Gasteiger partial charge < -0.3 is 25.4 Å². The third-order valence-electron chi connectivity index (χ3n) is 4.23. The van der Waals surface area contributed by atoms with Crippen molar-refractivity contribution in [2.45, 2.75) is 13.0 Å². The van der Waals surface area contributed by atoms with E-state index in [0.29, 0.717) is 37.8 Å². The fourth-order valence-electron chi connectivity index (χ4n) is 2.74. The average Bonchev–Trinajstić information content (AvgIpc) is 2.71. The zero-order valence-corrected chi connectivity index (χ0v) is 15.4. The maximum absolute atomic E-state index is 12.1. The second-order valence-electron chi connectivity index (χ2n) is 6.26. The highest BCUT2D eigenvalue weighted by molar-refractivity contribution is 5.74. The largest absolute Gasteiger partial charge is 0.486 e. The molecule has 3 rings (SSSR count). The molecule has 0 aliphatic carbocycles. The SMILES string of the molecule is C[C@@H](NC(=O)NCCNc1ccc([N+](=O)[O-])cc1)c1ccc2c(c1)OCCO2. The van der Waals surface area contributed by atoms with E-state index >= 15 is 0 Å². The Hall–Kier alpha value is -3.49. The molecular formula is C19H22N4O5. The van der Waals surface area contributed by atoms with E-state index in [1.807, 2.05) is 25.1 Å². The van der Waals surface area contributed by atoms with Crippen molar-refractivity contribution >= 4 is 17.4 Å². The number of hydrogen-bond acceptors (Lipinski definition) is 6. The number of anilines is 1. The molecule has 0 fully saturated rings. The number of nitro benzene ring substituents is 1. The lowest BCUT2D eigenvalue weighted by molar-refractivity contribution is -0.384. The van der Waals surface area contributed by atoms with E-state index in [0.717, 1.165) is 11.3 Å². The lowest BCUT2D eigenvalue weighted by Gasteiger charge is -2.21. The van der Waals surface area contributed by atoms with Gasteiger partial charge in [-0.25, -0.2) is 4.79 Å². The highest BCUT2D eigenvalue weighted by Gasteiger charge is 2.15. The standard InChI is InChI=1S/C19H22N4O5/c1-13(14-2-7-17-18(12-14)28-11-10-27-17)22-19(24)21-9-8-20-15-3-5-16(6-4-15)23(25)26/h2-7,12-13,20H,8-11H2,1H3,(H2,21,22,24)/t13-/m1/s1. The maximum atomic E-state index is 12.1. The van der Waals surface area contributed by atoms with Gasteiger partial charge in [-0.15, -0.1) is 0 Å². The van der Waals surface area contributed by atoms with E-state index in [1.165, 1.54) is 12.1 Å². The minimum absolute atomic E-state index is 0.0381. The van der Waals surface area contributed by atoms with Gasteiger partial charge in [-0.05, 0) is 36.8 Å². The first-order valence-electron chi connectivity index (χ1n) is 8.95. The summed E-state index contributed by atoms with van der Waals surface area (Å²) in [6, 6.07) is 11.2. The number of ether oxygens (including phenoxy) is 2. The minimum atomic E-state index is -0.446. The van der Waals surface area contributed by atoms with E-state index in [1.54, 1.807) is 12.1 Å². The Kier molecular flexibility index (Phi) is 6.15. The van der Waals surface area contributed by atoms with Crippen molar-refractivity contribution in [3.8, 4) is 11.5 Å². The minimum Gasteiger partial charge on any atom is -0.486 e. The van der Waals surface area contributed by atoms with Crippen molar-refractivity contribution in [2.75, 3.05) is 31.6 Å². The molecule has 0 unspecified atom stereocenters. The van der Waals surface area contributed by atoms with E-state index in [9.17, 15) is 14.9 Å². The lowest BCUT2D eigenvalue weighted by Crippen LogP contribution is -2.39. The molecule has 1 atom stereocenters. The van der Waals surface area contributed by atoms with E-state index in [2.05, 4.69) is 16.0 Å². The highest BCUT2D eigenvalue weighted by atomic mass is 16.6. The summed E-state index contributed by atoms with van der Waals surface area (Å²) in [7, 11) is 0. The number of nitrogens with one attached hydrogen (secondary N) is 3. The number of carbonyl (C=O) groups is 1. The van der Waals surface area contributed by atoms with Crippen LogP contribution in [0.25, 0.3) is 0 Å². The number of fused-ring (bicyclic) bond motifs is 1. The highest BCUT2D eigenvalue weighted by Crippen LogP contribution is 2.32. The third-order valence-corrected chi connectivity index (χ3v) is 4.23. The number of urea groups is 1. The molecule has 0 saturated heterocycles. The average molecular weight is 386 g/mol. The third kappa shape index (κ3) is 5.03. The number of rotatable bonds is 7. The molecule has 0 bridgehead atoms. The summed E-state index contributed by atoms with van der Waals surface area (Å²) < 4.78 is 11.1. The number of nitrogens with zero attached hydrogens (tertiary/aromatic N) is 1. The Bertz CT molecular complexity index is 841. The molecule has 3 N–H and O–H groups in total. The second-order valence-corrected chi connectivity index (χ2v) is 6.26. The molecule has 0 spiro atoms. The van der Waals surface area contributed by atoms with Crippen molar-refractivity contribution in [1.82, 2.24) is 10.6 Å². The summed E-state index contributed by atoms with van der Waals surface area (Å²) in [5.74, 6) is 1.40. The summed E-state index contributed by atoms with van der Waals surface area (Å²) in [6.07, 6.45) is 0. The summed E-state index contributed by atoms with van der Waals surface area (Å²) in [5, 5.41) is 19.4. The molecule has 2 amide bonds. The fourth-order valence-corrected chi connectivity index (χ4v) is 2.74. The van der Waals surface area contributed by atoms with Crippen molar-refractivity contribution < 1.29 is 19.2 Å². The van der Waals surface area contributed by atoms with E-state index in [4.69, 9.17) is 9.47 Å². The number of amides is 2. The molecule has 0 aromatic heterocycles. The molecule has 9 nitrogen and oxygen atoms in total. The molecule has 28 heavy (non-hydrogen) atoms. The zero-order valence-electron chi connectivity index (χ0n) is 15.4. The van der Waals surface area contributed by atoms with Crippen molar-refractivity contribution in [2.24, 2.45) is 0 Å². The summed E-state index contributed by atoms with van der Waals surface area (Å²) in [6.45, 7) is 3.83. The first kappa shape index (κ1) is 19.3. The first-order chi connectivity index (χ1) is 13.5. The number of carbonyl (C=O) groups excluding carboxylic acids is 1. The van der Waals surface area contributed by atoms with Gasteiger partial charge in [0.15, 0.2) is 11.5 Å². The molecule has 9 heteroatoms. The number of hydrogen-bond donors (Lipinski definition) is 3. The van der Waals surface area contributed by atoms with Gasteiger partial charge in [0, 0.05) is 30.9 Å². The predicted octanol–water partition coefficient (Wildman–Crippen LogP) is 2.84. The summed E-state index contributed by atoms with van der Waals surface area (Å²) >= 11 is 0. The van der Waals surface area contributed by atoms with Crippen LogP contribution in [0.1, 0.15) is 18.5 Å². The van der Waals surface area contributed by atoms with Gasteiger partial charge >= 0.3 is 6.03 Å². The molecule has 0 radical (unpaired) electrons. The van der Waals surface area contributed by atoms with Crippen LogP contribution in [0.3, 0.4) is 0 Å². The summed E-state index contributed by atoms with van der Waals surface area (Å²) in [5.41, 5.74) is 1.71. The van der Waals surface area contributed by atoms with Gasteiger partial charge in [0.2, 0.25) is 0 Å². The molecule has 2 aromatic carbocycles. The first-order valence-corrected chi connectivity index (χ1v) is 8.95. The van der Waals surface area contributed by atoms with E-state index in [-0.39, 0.29) is 17.8 Å². The van der Waals surface area contributed by atoms with Gasteiger partial charge in [-0.1, -0.05) is 6.07 Å². The molecular weight excluding hydrogens is 364 g/mol. The number of benzene rings is 2. The van der Waals surface area contributed by atoms with Crippen LogP contribution in [0.2, 0.25) is 0 Å². The van der Waals surface area contributed by atoms with Gasteiger partial charge in [-0.3, -0.25) is 10.1 Å². The van der Waals surface area contributed by atoms with Crippen LogP contribution in [0, 0.1) is 10.1 Å². The van der Waals surface area contributed by atoms with Crippen LogP contribution in [0.5, 0.6) is 11.5 Å². The molecule has 1 aliphatic heterocycles. The van der Waals surface area contributed by atoms with Crippen LogP contribution in [-0.4, -0.2) is 37.3 Å². The van der Waals surface area contributed by atoms with Crippen molar-refractivity contribution in [1.29, 1.82) is 0 Å². The van der Waals surface area contributed by atoms with Crippen LogP contribution < -0.4 is 25.4 Å². The lowest BCUT2D eigenvalue weighted by atomic mass is 10.1. The molecule has 1 aliphatic rings. The Labute approximate surface area is 162 Å². The normalized spacial score (nSPS) is 13.3. The topological polar surface area (TPSA) is 115 Å². The van der Waals surface area contributed by atoms with Crippen LogP contribution >= 0.6 is 0 Å². The van der Waals surface area contributed by atoms with Gasteiger partial charge in [0.1, 0.15) is 13.2 Å². The number of non-ortho nitro benzene ring substituents is 1. The Morgan fingerprint density at radius 1 is 1.11 bits per heavy atom. The Balaban J connectivity index is 1.41. The smallest absolute Gasteiger partial charge is 0.315 e. The Morgan fingerprint density at radius 3 is 2.54 bits per heavy atom. The van der Waals surface area contributed by atoms with E-state index < -0.39 is 4.92 Å². The Morgan fingerprint density at radius 2 is 1.82 bits per heavy atom. The van der Waals surface area contributed by atoms with Crippen molar-refractivity contribution in [3.63, 3.8) is 0 Å². The monoisotopic (exact) mass is 386 g/mol. The van der Waals surface area contributed by atoms with Crippen LogP contribution in [0.4, 0.5) is 16.2 Å². The molecule has 1 heterocycles. The zero-order chi connectivity index (χ0) is 19.9. The van der Waals surface area contributed by atoms with Gasteiger partial charge in [0.25, 0.3) is 5.69 Å². The van der Waals surface area contributed by atoms with Gasteiger partial charge in [0.05, 0.1) is 11.0 Å². The maximum Gasteiger partial charge on any atom is 0.315 e. The number of nitro groups is 1.